The third-order valence-electron chi connectivity index (χ3n) is 3.34. The van der Waals surface area contributed by atoms with Gasteiger partial charge in [0.05, 0.1) is 6.61 Å². The van der Waals surface area contributed by atoms with Gasteiger partial charge in [-0.2, -0.15) is 0 Å². The van der Waals surface area contributed by atoms with E-state index in [9.17, 15) is 4.79 Å². The Labute approximate surface area is 91.2 Å². The van der Waals surface area contributed by atoms with Crippen molar-refractivity contribution in [1.82, 2.24) is 9.80 Å². The van der Waals surface area contributed by atoms with Crippen molar-refractivity contribution >= 4 is 6.03 Å². The summed E-state index contributed by atoms with van der Waals surface area (Å²) in [5.41, 5.74) is 0. The predicted molar refractivity (Wildman–Crippen MR) is 57.8 cm³/mol. The summed E-state index contributed by atoms with van der Waals surface area (Å²) < 4.78 is 5.13. The second kappa shape index (κ2) is 4.84. The molecule has 4 nitrogen and oxygen atoms in total. The van der Waals surface area contributed by atoms with Crippen LogP contribution in [0.25, 0.3) is 0 Å². The van der Waals surface area contributed by atoms with Gasteiger partial charge in [0.1, 0.15) is 0 Å². The minimum absolute atomic E-state index is 0.242. The number of rotatable bonds is 2. The van der Waals surface area contributed by atoms with E-state index in [0.29, 0.717) is 5.92 Å². The van der Waals surface area contributed by atoms with Crippen LogP contribution in [-0.4, -0.2) is 55.7 Å². The van der Waals surface area contributed by atoms with Crippen molar-refractivity contribution in [3.8, 4) is 0 Å². The van der Waals surface area contributed by atoms with Crippen molar-refractivity contribution in [2.45, 2.75) is 19.3 Å². The number of nitrogens with zero attached hydrogens (tertiary/aromatic N) is 2. The van der Waals surface area contributed by atoms with Crippen molar-refractivity contribution < 1.29 is 9.53 Å². The molecule has 2 fully saturated rings. The summed E-state index contributed by atoms with van der Waals surface area (Å²) in [5, 5.41) is 0. The molecule has 2 amide bonds. The molecule has 0 bridgehead atoms. The summed E-state index contributed by atoms with van der Waals surface area (Å²) in [6.45, 7) is 4.46. The van der Waals surface area contributed by atoms with Gasteiger partial charge in [-0.25, -0.2) is 4.79 Å². The molecule has 0 saturated carbocycles. The second-order valence-electron chi connectivity index (χ2n) is 4.53. The number of likely N-dealkylation sites (tertiary alicyclic amines) is 2. The first-order chi connectivity index (χ1) is 7.31. The lowest BCUT2D eigenvalue weighted by Crippen LogP contribution is -2.40. The maximum Gasteiger partial charge on any atom is 0.320 e. The molecule has 0 aromatic carbocycles. The quantitative estimate of drug-likeness (QED) is 0.688. The number of carbonyl (C=O) groups excluding carboxylic acids is 1. The van der Waals surface area contributed by atoms with Gasteiger partial charge in [-0.1, -0.05) is 0 Å². The van der Waals surface area contributed by atoms with E-state index in [-0.39, 0.29) is 6.03 Å². The number of urea groups is 1. The normalized spacial score (nSPS) is 26.3. The van der Waals surface area contributed by atoms with E-state index < -0.39 is 0 Å². The Bertz CT molecular complexity index is 227. The highest BCUT2D eigenvalue weighted by atomic mass is 16.5. The number of carbonyl (C=O) groups is 1. The van der Waals surface area contributed by atoms with Crippen LogP contribution in [0.5, 0.6) is 0 Å². The average Bonchev–Trinajstić information content (AvgIpc) is 2.87. The molecule has 15 heavy (non-hydrogen) atoms. The van der Waals surface area contributed by atoms with Crippen molar-refractivity contribution in [3.05, 3.63) is 0 Å². The standard InChI is InChI=1S/C11H20N2O2/c1-15-9-10-4-7-13(8-10)11(14)12-5-2-3-6-12/h10H,2-9H2,1H3. The monoisotopic (exact) mass is 212 g/mol. The number of ether oxygens (including phenoxy) is 1. The van der Waals surface area contributed by atoms with Gasteiger partial charge in [0.25, 0.3) is 0 Å². The highest BCUT2D eigenvalue weighted by molar-refractivity contribution is 5.75. The lowest BCUT2D eigenvalue weighted by Gasteiger charge is -2.23. The van der Waals surface area contributed by atoms with E-state index in [0.717, 1.165) is 39.2 Å². The zero-order chi connectivity index (χ0) is 10.7. The maximum absolute atomic E-state index is 12.0. The fourth-order valence-electron chi connectivity index (χ4n) is 2.49. The molecule has 0 aromatic heterocycles. The molecular formula is C11H20N2O2. The molecule has 4 heteroatoms. The van der Waals surface area contributed by atoms with E-state index in [1.165, 1.54) is 12.8 Å². The minimum atomic E-state index is 0.242. The first kappa shape index (κ1) is 10.7. The Morgan fingerprint density at radius 1 is 1.27 bits per heavy atom. The van der Waals surface area contributed by atoms with Gasteiger partial charge in [0.15, 0.2) is 0 Å². The summed E-state index contributed by atoms with van der Waals surface area (Å²) in [7, 11) is 1.73. The molecule has 0 aromatic rings. The first-order valence-corrected chi connectivity index (χ1v) is 5.84. The van der Waals surface area contributed by atoms with E-state index >= 15 is 0 Å². The molecule has 0 spiro atoms. The molecule has 86 valence electrons. The molecule has 0 radical (unpaired) electrons. The zero-order valence-corrected chi connectivity index (χ0v) is 9.45. The van der Waals surface area contributed by atoms with E-state index in [1.54, 1.807) is 7.11 Å². The third kappa shape index (κ3) is 2.43. The van der Waals surface area contributed by atoms with Crippen LogP contribution >= 0.6 is 0 Å². The number of methoxy groups -OCH3 is 1. The van der Waals surface area contributed by atoms with Gasteiger partial charge in [-0.15, -0.1) is 0 Å². The van der Waals surface area contributed by atoms with Crippen molar-refractivity contribution in [3.63, 3.8) is 0 Å². The second-order valence-corrected chi connectivity index (χ2v) is 4.53. The zero-order valence-electron chi connectivity index (χ0n) is 9.45. The summed E-state index contributed by atoms with van der Waals surface area (Å²) in [5.74, 6) is 0.543. The van der Waals surface area contributed by atoms with Crippen LogP contribution in [0.4, 0.5) is 4.79 Å². The number of amides is 2. The van der Waals surface area contributed by atoms with Crippen LogP contribution in [0.3, 0.4) is 0 Å². The lowest BCUT2D eigenvalue weighted by molar-refractivity contribution is 0.147. The Morgan fingerprint density at radius 3 is 2.67 bits per heavy atom. The van der Waals surface area contributed by atoms with Crippen LogP contribution in [0, 0.1) is 5.92 Å². The highest BCUT2D eigenvalue weighted by Crippen LogP contribution is 2.19. The molecule has 2 saturated heterocycles. The largest absolute Gasteiger partial charge is 0.384 e. The summed E-state index contributed by atoms with van der Waals surface area (Å²) in [4.78, 5) is 16.0. The summed E-state index contributed by atoms with van der Waals surface area (Å²) in [6.07, 6.45) is 3.43. The van der Waals surface area contributed by atoms with Crippen LogP contribution in [-0.2, 0) is 4.74 Å². The van der Waals surface area contributed by atoms with Gasteiger partial charge >= 0.3 is 6.03 Å². The molecular weight excluding hydrogens is 192 g/mol. The first-order valence-electron chi connectivity index (χ1n) is 5.84. The van der Waals surface area contributed by atoms with Crippen LogP contribution in [0.1, 0.15) is 19.3 Å². The number of hydrogen-bond acceptors (Lipinski definition) is 2. The van der Waals surface area contributed by atoms with Crippen LogP contribution < -0.4 is 0 Å². The molecule has 1 unspecified atom stereocenters. The van der Waals surface area contributed by atoms with Crippen molar-refractivity contribution in [1.29, 1.82) is 0 Å². The molecule has 2 heterocycles. The third-order valence-corrected chi connectivity index (χ3v) is 3.34. The van der Waals surface area contributed by atoms with Gasteiger partial charge in [0.2, 0.25) is 0 Å². The molecule has 2 aliphatic rings. The van der Waals surface area contributed by atoms with Gasteiger partial charge in [-0.05, 0) is 19.3 Å². The Kier molecular flexibility index (Phi) is 3.46. The fourth-order valence-corrected chi connectivity index (χ4v) is 2.49. The number of hydrogen-bond donors (Lipinski definition) is 0. The topological polar surface area (TPSA) is 32.8 Å². The average molecular weight is 212 g/mol. The predicted octanol–water partition coefficient (Wildman–Crippen LogP) is 1.17. The lowest BCUT2D eigenvalue weighted by atomic mass is 10.1. The Hall–Kier alpha value is -0.770. The fraction of sp³-hybridized carbons (Fsp3) is 0.909. The van der Waals surface area contributed by atoms with E-state index in [1.807, 2.05) is 9.80 Å². The van der Waals surface area contributed by atoms with Crippen LogP contribution in [0.15, 0.2) is 0 Å². The summed E-state index contributed by atoms with van der Waals surface area (Å²) in [6, 6.07) is 0.242. The molecule has 0 N–H and O–H groups in total. The maximum atomic E-state index is 12.0. The Morgan fingerprint density at radius 2 is 2.00 bits per heavy atom. The Balaban J connectivity index is 1.81. The smallest absolute Gasteiger partial charge is 0.320 e. The van der Waals surface area contributed by atoms with Gasteiger partial charge < -0.3 is 14.5 Å². The molecule has 1 atom stereocenters. The molecule has 2 aliphatic heterocycles. The van der Waals surface area contributed by atoms with Gasteiger partial charge in [-0.3, -0.25) is 0 Å². The summed E-state index contributed by atoms with van der Waals surface area (Å²) >= 11 is 0. The minimum Gasteiger partial charge on any atom is -0.384 e. The van der Waals surface area contributed by atoms with E-state index in [2.05, 4.69) is 0 Å². The molecule has 2 rings (SSSR count). The van der Waals surface area contributed by atoms with Crippen molar-refractivity contribution in [2.75, 3.05) is 39.9 Å². The highest BCUT2D eigenvalue weighted by Gasteiger charge is 2.30. The van der Waals surface area contributed by atoms with E-state index in [4.69, 9.17) is 4.74 Å². The van der Waals surface area contributed by atoms with Crippen molar-refractivity contribution in [2.24, 2.45) is 5.92 Å². The SMILES string of the molecule is COCC1CCN(C(=O)N2CCCC2)C1. The van der Waals surface area contributed by atoms with Gasteiger partial charge in [0, 0.05) is 39.2 Å². The van der Waals surface area contributed by atoms with Crippen LogP contribution in [0.2, 0.25) is 0 Å². The molecule has 0 aliphatic carbocycles.